The van der Waals surface area contributed by atoms with Crippen molar-refractivity contribution in [3.05, 3.63) is 15.9 Å². The lowest BCUT2D eigenvalue weighted by atomic mass is 10.0. The van der Waals surface area contributed by atoms with E-state index in [4.69, 9.17) is 5.73 Å². The van der Waals surface area contributed by atoms with Gasteiger partial charge in [0.2, 0.25) is 0 Å². The van der Waals surface area contributed by atoms with E-state index in [1.807, 2.05) is 18.7 Å². The van der Waals surface area contributed by atoms with E-state index in [9.17, 15) is 0 Å². The van der Waals surface area contributed by atoms with Crippen LogP contribution in [-0.2, 0) is 13.6 Å². The molecule has 5 heteroatoms. The summed E-state index contributed by atoms with van der Waals surface area (Å²) >= 11 is 3.58. The summed E-state index contributed by atoms with van der Waals surface area (Å²) in [6.07, 6.45) is 1.23. The molecule has 1 atom stereocenters. The van der Waals surface area contributed by atoms with Crippen molar-refractivity contribution in [2.75, 3.05) is 13.1 Å². The molecule has 2 heterocycles. The maximum Gasteiger partial charge on any atom is 0.0739 e. The molecule has 1 fully saturated rings. The Bertz CT molecular complexity index is 359. The molecule has 1 aromatic rings. The van der Waals surface area contributed by atoms with Crippen LogP contribution in [-0.4, -0.2) is 33.8 Å². The molecule has 2 rings (SSSR count). The predicted octanol–water partition coefficient (Wildman–Crippen LogP) is 1.02. The maximum absolute atomic E-state index is 5.68. The van der Waals surface area contributed by atoms with Crippen LogP contribution in [0.25, 0.3) is 0 Å². The van der Waals surface area contributed by atoms with Crippen LogP contribution >= 0.6 is 15.9 Å². The van der Waals surface area contributed by atoms with Gasteiger partial charge in [0.15, 0.2) is 0 Å². The highest BCUT2D eigenvalue weighted by atomic mass is 79.9. The summed E-state index contributed by atoms with van der Waals surface area (Å²) in [7, 11) is 1.99. The van der Waals surface area contributed by atoms with E-state index in [0.717, 1.165) is 29.8 Å². The molecule has 0 saturated carbocycles. The molecule has 0 bridgehead atoms. The second-order valence-electron chi connectivity index (χ2n) is 4.12. The second kappa shape index (κ2) is 4.23. The van der Waals surface area contributed by atoms with Crippen molar-refractivity contribution >= 4 is 15.9 Å². The van der Waals surface area contributed by atoms with Gasteiger partial charge >= 0.3 is 0 Å². The molecule has 0 aliphatic carbocycles. The van der Waals surface area contributed by atoms with Crippen LogP contribution in [0.2, 0.25) is 0 Å². The zero-order valence-corrected chi connectivity index (χ0v) is 10.8. The first-order valence-electron chi connectivity index (χ1n) is 5.25. The van der Waals surface area contributed by atoms with E-state index >= 15 is 0 Å². The third kappa shape index (κ3) is 1.96. The molecule has 1 unspecified atom stereocenters. The number of nitrogens with two attached hydrogens (primary N) is 1. The van der Waals surface area contributed by atoms with Gasteiger partial charge in [0, 0.05) is 32.7 Å². The van der Waals surface area contributed by atoms with E-state index in [2.05, 4.69) is 25.9 Å². The van der Waals surface area contributed by atoms with Crippen LogP contribution in [0, 0.1) is 6.92 Å². The molecule has 15 heavy (non-hydrogen) atoms. The molecule has 0 radical (unpaired) electrons. The molecule has 1 saturated heterocycles. The van der Waals surface area contributed by atoms with Gasteiger partial charge in [-0.1, -0.05) is 0 Å². The molecular weight excluding hydrogens is 256 g/mol. The molecule has 1 aliphatic heterocycles. The number of hydrogen-bond donors (Lipinski definition) is 1. The Hall–Kier alpha value is -0.390. The predicted molar refractivity (Wildman–Crippen MR) is 63.5 cm³/mol. The summed E-state index contributed by atoms with van der Waals surface area (Å²) in [5, 5.41) is 4.38. The van der Waals surface area contributed by atoms with Crippen molar-refractivity contribution < 1.29 is 0 Å². The van der Waals surface area contributed by atoms with E-state index in [0.29, 0.717) is 6.04 Å². The second-order valence-corrected chi connectivity index (χ2v) is 4.91. The normalized spacial score (nSPS) is 21.7. The lowest BCUT2D eigenvalue weighted by molar-refractivity contribution is 0.0850. The Morgan fingerprint density at radius 2 is 2.33 bits per heavy atom. The van der Waals surface area contributed by atoms with Gasteiger partial charge in [0.1, 0.15) is 0 Å². The highest BCUT2D eigenvalue weighted by Gasteiger charge is 2.28. The van der Waals surface area contributed by atoms with Crippen molar-refractivity contribution in [1.82, 2.24) is 14.7 Å². The number of aryl methyl sites for hydroxylation is 2. The van der Waals surface area contributed by atoms with E-state index in [1.165, 1.54) is 12.1 Å². The zero-order valence-electron chi connectivity index (χ0n) is 9.20. The summed E-state index contributed by atoms with van der Waals surface area (Å²) in [5.74, 6) is 0. The van der Waals surface area contributed by atoms with Crippen LogP contribution in [0.3, 0.4) is 0 Å². The largest absolute Gasteiger partial charge is 0.329 e. The molecule has 1 aliphatic rings. The lowest BCUT2D eigenvalue weighted by Gasteiger charge is -2.40. The molecule has 84 valence electrons. The minimum atomic E-state index is 0.562. The summed E-state index contributed by atoms with van der Waals surface area (Å²) in [5.41, 5.74) is 7.98. The number of hydrogen-bond acceptors (Lipinski definition) is 3. The van der Waals surface area contributed by atoms with Gasteiger partial charge in [-0.15, -0.1) is 0 Å². The lowest BCUT2D eigenvalue weighted by Crippen LogP contribution is -2.51. The smallest absolute Gasteiger partial charge is 0.0739 e. The van der Waals surface area contributed by atoms with E-state index in [-0.39, 0.29) is 0 Å². The van der Waals surface area contributed by atoms with Crippen LogP contribution in [0.4, 0.5) is 0 Å². The fourth-order valence-corrected chi connectivity index (χ4v) is 2.47. The fraction of sp³-hybridized carbons (Fsp3) is 0.700. The average Bonchev–Trinajstić information content (AvgIpc) is 2.38. The first-order valence-corrected chi connectivity index (χ1v) is 6.05. The molecule has 4 nitrogen and oxygen atoms in total. The van der Waals surface area contributed by atoms with Crippen molar-refractivity contribution in [1.29, 1.82) is 0 Å². The highest BCUT2D eigenvalue weighted by Crippen LogP contribution is 2.25. The first kappa shape index (κ1) is 11.1. The summed E-state index contributed by atoms with van der Waals surface area (Å²) in [4.78, 5) is 2.40. The Labute approximate surface area is 98.6 Å². The van der Waals surface area contributed by atoms with Crippen LogP contribution in [0.15, 0.2) is 4.47 Å². The Balaban J connectivity index is 2.10. The van der Waals surface area contributed by atoms with Crippen molar-refractivity contribution in [2.45, 2.75) is 25.9 Å². The quantitative estimate of drug-likeness (QED) is 0.894. The van der Waals surface area contributed by atoms with Gasteiger partial charge in [0.25, 0.3) is 0 Å². The zero-order chi connectivity index (χ0) is 11.0. The SMILES string of the molecule is Cc1nn(C)c(CN2CCC2CN)c1Br. The van der Waals surface area contributed by atoms with Crippen molar-refractivity contribution in [2.24, 2.45) is 12.8 Å². The van der Waals surface area contributed by atoms with Crippen LogP contribution < -0.4 is 5.73 Å². The number of aromatic nitrogens is 2. The third-order valence-corrected chi connectivity index (χ3v) is 4.18. The fourth-order valence-electron chi connectivity index (χ4n) is 2.01. The minimum absolute atomic E-state index is 0.562. The summed E-state index contributed by atoms with van der Waals surface area (Å²) < 4.78 is 3.08. The number of nitrogens with zero attached hydrogens (tertiary/aromatic N) is 3. The maximum atomic E-state index is 5.68. The summed E-state index contributed by atoms with van der Waals surface area (Å²) in [6, 6.07) is 0.562. The monoisotopic (exact) mass is 272 g/mol. The minimum Gasteiger partial charge on any atom is -0.329 e. The Morgan fingerprint density at radius 3 is 2.73 bits per heavy atom. The van der Waals surface area contributed by atoms with Gasteiger partial charge < -0.3 is 5.73 Å². The summed E-state index contributed by atoms with van der Waals surface area (Å²) in [6.45, 7) is 4.87. The Morgan fingerprint density at radius 1 is 1.60 bits per heavy atom. The number of likely N-dealkylation sites (tertiary alicyclic amines) is 1. The van der Waals surface area contributed by atoms with Crippen LogP contribution in [0.1, 0.15) is 17.8 Å². The average molecular weight is 273 g/mol. The highest BCUT2D eigenvalue weighted by molar-refractivity contribution is 9.10. The van der Waals surface area contributed by atoms with Gasteiger partial charge in [-0.05, 0) is 29.3 Å². The Kier molecular flexibility index (Phi) is 3.13. The first-order chi connectivity index (χ1) is 7.13. The van der Waals surface area contributed by atoms with E-state index < -0.39 is 0 Å². The number of rotatable bonds is 3. The number of halogens is 1. The van der Waals surface area contributed by atoms with Gasteiger partial charge in [-0.2, -0.15) is 5.10 Å². The van der Waals surface area contributed by atoms with Gasteiger partial charge in [-0.25, -0.2) is 0 Å². The van der Waals surface area contributed by atoms with E-state index in [1.54, 1.807) is 0 Å². The topological polar surface area (TPSA) is 47.1 Å². The van der Waals surface area contributed by atoms with Gasteiger partial charge in [0.05, 0.1) is 15.9 Å². The van der Waals surface area contributed by atoms with Gasteiger partial charge in [-0.3, -0.25) is 9.58 Å². The van der Waals surface area contributed by atoms with Crippen molar-refractivity contribution in [3.63, 3.8) is 0 Å². The standard InChI is InChI=1S/C10H17BrN4/c1-7-10(11)9(14(2)13-7)6-15-4-3-8(15)5-12/h8H,3-6,12H2,1-2H3. The molecule has 2 N–H and O–H groups in total. The molecular formula is C10H17BrN4. The van der Waals surface area contributed by atoms with Crippen molar-refractivity contribution in [3.8, 4) is 0 Å². The third-order valence-electron chi connectivity index (χ3n) is 3.15. The molecule has 1 aromatic heterocycles. The molecule has 0 spiro atoms. The van der Waals surface area contributed by atoms with Crippen LogP contribution in [0.5, 0.6) is 0 Å². The molecule has 0 aromatic carbocycles. The molecule has 0 amide bonds.